The van der Waals surface area contributed by atoms with Gasteiger partial charge in [-0.2, -0.15) is 4.98 Å². The number of aromatic nitrogens is 2. The molecule has 1 N–H and O–H groups in total. The van der Waals surface area contributed by atoms with Crippen LogP contribution in [0.15, 0.2) is 11.4 Å². The molecule has 0 aliphatic carbocycles. The second kappa shape index (κ2) is 5.79. The highest BCUT2D eigenvalue weighted by atomic mass is 32.1. The molecule has 0 saturated carbocycles. The van der Waals surface area contributed by atoms with E-state index in [4.69, 9.17) is 4.98 Å². The van der Waals surface area contributed by atoms with Crippen LogP contribution in [-0.4, -0.2) is 29.6 Å². The number of hydrogen-bond donors (Lipinski definition) is 1. The Kier molecular flexibility index (Phi) is 4.02. The van der Waals surface area contributed by atoms with Gasteiger partial charge in [-0.25, -0.2) is 4.98 Å². The van der Waals surface area contributed by atoms with E-state index in [0.29, 0.717) is 5.41 Å². The monoisotopic (exact) mass is 304 g/mol. The third kappa shape index (κ3) is 2.59. The zero-order valence-corrected chi connectivity index (χ0v) is 14.0. The largest absolute Gasteiger partial charge is 0.355 e. The molecule has 1 aliphatic heterocycles. The van der Waals surface area contributed by atoms with Gasteiger partial charge >= 0.3 is 0 Å². The van der Waals surface area contributed by atoms with E-state index in [0.717, 1.165) is 36.2 Å². The summed E-state index contributed by atoms with van der Waals surface area (Å²) in [5, 5.41) is 6.57. The Hall–Kier alpha value is -1.36. The van der Waals surface area contributed by atoms with Crippen molar-refractivity contribution >= 4 is 33.3 Å². The van der Waals surface area contributed by atoms with Crippen molar-refractivity contribution in [2.45, 2.75) is 40.0 Å². The molecule has 114 valence electrons. The number of nitrogens with one attached hydrogen (secondary N) is 1. The molecule has 1 fully saturated rings. The summed E-state index contributed by atoms with van der Waals surface area (Å²) >= 11 is 1.69. The number of nitrogens with zero attached hydrogens (tertiary/aromatic N) is 3. The Morgan fingerprint density at radius 1 is 1.29 bits per heavy atom. The molecule has 0 atom stereocenters. The van der Waals surface area contributed by atoms with Crippen LogP contribution in [0.4, 0.5) is 11.8 Å². The summed E-state index contributed by atoms with van der Waals surface area (Å²) in [4.78, 5) is 12.9. The van der Waals surface area contributed by atoms with E-state index in [9.17, 15) is 0 Å². The molecular formula is C16H24N4S. The minimum absolute atomic E-state index is 0.464. The lowest BCUT2D eigenvalue weighted by Gasteiger charge is -2.27. The molecule has 5 heteroatoms. The zero-order valence-electron chi connectivity index (χ0n) is 13.1. The van der Waals surface area contributed by atoms with E-state index in [2.05, 4.69) is 47.4 Å². The molecule has 3 rings (SSSR count). The molecule has 21 heavy (non-hydrogen) atoms. The van der Waals surface area contributed by atoms with Crippen molar-refractivity contribution in [1.29, 1.82) is 0 Å². The number of hydrogen-bond acceptors (Lipinski definition) is 5. The van der Waals surface area contributed by atoms with E-state index in [-0.39, 0.29) is 0 Å². The summed E-state index contributed by atoms with van der Waals surface area (Å²) in [5.41, 5.74) is 0.464. The Labute approximate surface area is 130 Å². The number of thiophene rings is 1. The predicted molar refractivity (Wildman–Crippen MR) is 91.4 cm³/mol. The molecule has 0 spiro atoms. The minimum Gasteiger partial charge on any atom is -0.355 e. The summed E-state index contributed by atoms with van der Waals surface area (Å²) in [6, 6.07) is 2.16. The number of fused-ring (bicyclic) bond motifs is 1. The normalized spacial score (nSPS) is 17.6. The Bertz CT molecular complexity index is 618. The van der Waals surface area contributed by atoms with Gasteiger partial charge in [-0.3, -0.25) is 0 Å². The van der Waals surface area contributed by atoms with E-state index >= 15 is 0 Å². The third-order valence-electron chi connectivity index (χ3n) is 4.88. The predicted octanol–water partition coefficient (Wildman–Crippen LogP) is 4.14. The molecule has 0 unspecified atom stereocenters. The van der Waals surface area contributed by atoms with Crippen LogP contribution in [0.25, 0.3) is 10.2 Å². The maximum Gasteiger partial charge on any atom is 0.226 e. The summed E-state index contributed by atoms with van der Waals surface area (Å²) in [7, 11) is 0. The van der Waals surface area contributed by atoms with Crippen LogP contribution >= 0.6 is 11.3 Å². The van der Waals surface area contributed by atoms with E-state index in [1.54, 1.807) is 11.3 Å². The first kappa shape index (κ1) is 14.6. The highest BCUT2D eigenvalue weighted by molar-refractivity contribution is 7.16. The van der Waals surface area contributed by atoms with Gasteiger partial charge in [0.25, 0.3) is 0 Å². The first-order valence-corrected chi connectivity index (χ1v) is 8.83. The van der Waals surface area contributed by atoms with Gasteiger partial charge in [0.05, 0.1) is 5.39 Å². The summed E-state index contributed by atoms with van der Waals surface area (Å²) in [6.07, 6.45) is 3.77. The van der Waals surface area contributed by atoms with Crippen LogP contribution in [0, 0.1) is 5.41 Å². The number of anilines is 2. The second-order valence-electron chi connectivity index (χ2n) is 5.92. The van der Waals surface area contributed by atoms with E-state index in [1.807, 2.05) is 0 Å². The average Bonchev–Trinajstić information content (AvgIpc) is 3.14. The van der Waals surface area contributed by atoms with E-state index < -0.39 is 0 Å². The van der Waals surface area contributed by atoms with Crippen molar-refractivity contribution in [3.8, 4) is 0 Å². The quantitative estimate of drug-likeness (QED) is 0.901. The molecule has 2 aromatic rings. The molecule has 0 amide bonds. The molecule has 3 heterocycles. The van der Waals surface area contributed by atoms with Crippen molar-refractivity contribution < 1.29 is 0 Å². The van der Waals surface area contributed by atoms with Gasteiger partial charge in [-0.1, -0.05) is 13.8 Å². The second-order valence-corrected chi connectivity index (χ2v) is 6.81. The van der Waals surface area contributed by atoms with Gasteiger partial charge in [0.1, 0.15) is 10.6 Å². The Morgan fingerprint density at radius 2 is 2.10 bits per heavy atom. The van der Waals surface area contributed by atoms with Crippen molar-refractivity contribution in [3.05, 3.63) is 11.4 Å². The Morgan fingerprint density at radius 3 is 2.76 bits per heavy atom. The standard InChI is InChI=1S/C16H24N4S/c1-4-16(5-2)8-9-20(11-16)13-12-7-10-21-14(12)19-15(18-13)17-6-3/h7,10H,4-6,8-9,11H2,1-3H3,(H,17,18,19). The van der Waals surface area contributed by atoms with Gasteiger partial charge in [0, 0.05) is 19.6 Å². The highest BCUT2D eigenvalue weighted by Gasteiger charge is 2.36. The van der Waals surface area contributed by atoms with Crippen molar-refractivity contribution in [2.24, 2.45) is 5.41 Å². The van der Waals surface area contributed by atoms with Gasteiger partial charge in [-0.05, 0) is 43.0 Å². The fraction of sp³-hybridized carbons (Fsp3) is 0.625. The molecule has 1 aliphatic rings. The summed E-state index contributed by atoms with van der Waals surface area (Å²) in [6.45, 7) is 9.79. The lowest BCUT2D eigenvalue weighted by atomic mass is 9.82. The van der Waals surface area contributed by atoms with Gasteiger partial charge < -0.3 is 10.2 Å². The van der Waals surface area contributed by atoms with Crippen molar-refractivity contribution in [3.63, 3.8) is 0 Å². The maximum absolute atomic E-state index is 4.79. The third-order valence-corrected chi connectivity index (χ3v) is 5.68. The zero-order chi connectivity index (χ0) is 14.9. The molecule has 0 bridgehead atoms. The average molecular weight is 304 g/mol. The highest BCUT2D eigenvalue weighted by Crippen LogP contribution is 2.40. The first-order chi connectivity index (χ1) is 10.2. The van der Waals surface area contributed by atoms with Gasteiger partial charge in [-0.15, -0.1) is 11.3 Å². The van der Waals surface area contributed by atoms with E-state index in [1.165, 1.54) is 24.6 Å². The molecule has 1 saturated heterocycles. The topological polar surface area (TPSA) is 41.1 Å². The summed E-state index contributed by atoms with van der Waals surface area (Å²) < 4.78 is 0. The summed E-state index contributed by atoms with van der Waals surface area (Å²) in [5.74, 6) is 1.87. The molecule has 4 nitrogen and oxygen atoms in total. The first-order valence-electron chi connectivity index (χ1n) is 7.95. The number of rotatable bonds is 5. The van der Waals surface area contributed by atoms with Gasteiger partial charge in [0.15, 0.2) is 0 Å². The molecule has 0 radical (unpaired) electrons. The smallest absolute Gasteiger partial charge is 0.226 e. The lowest BCUT2D eigenvalue weighted by Crippen LogP contribution is -2.27. The molecule has 0 aromatic carbocycles. The van der Waals surface area contributed by atoms with Crippen molar-refractivity contribution in [2.75, 3.05) is 29.9 Å². The van der Waals surface area contributed by atoms with Crippen LogP contribution in [0.2, 0.25) is 0 Å². The fourth-order valence-corrected chi connectivity index (χ4v) is 4.02. The Balaban J connectivity index is 1.98. The van der Waals surface area contributed by atoms with Gasteiger partial charge in [0.2, 0.25) is 5.95 Å². The van der Waals surface area contributed by atoms with Crippen LogP contribution in [-0.2, 0) is 0 Å². The maximum atomic E-state index is 4.79. The fourth-order valence-electron chi connectivity index (χ4n) is 3.26. The molecule has 2 aromatic heterocycles. The SMILES string of the molecule is CCNc1nc(N2CCC(CC)(CC)C2)c2ccsc2n1. The van der Waals surface area contributed by atoms with Crippen LogP contribution in [0.1, 0.15) is 40.0 Å². The molecular weight excluding hydrogens is 280 g/mol. The van der Waals surface area contributed by atoms with Crippen LogP contribution in [0.5, 0.6) is 0 Å². The lowest BCUT2D eigenvalue weighted by molar-refractivity contribution is 0.301. The van der Waals surface area contributed by atoms with Crippen molar-refractivity contribution in [1.82, 2.24) is 9.97 Å². The van der Waals surface area contributed by atoms with Crippen LogP contribution < -0.4 is 10.2 Å². The van der Waals surface area contributed by atoms with Crippen LogP contribution in [0.3, 0.4) is 0 Å². The minimum atomic E-state index is 0.464.